The van der Waals surface area contributed by atoms with E-state index in [0.717, 1.165) is 44.8 Å². The van der Waals surface area contributed by atoms with Gasteiger partial charge in [0, 0.05) is 70.9 Å². The Balaban J connectivity index is 0.00000157. The largest absolute Gasteiger partial charge is 0.355 e. The van der Waals surface area contributed by atoms with Gasteiger partial charge in [-0.1, -0.05) is 0 Å². The van der Waals surface area contributed by atoms with Crippen LogP contribution in [-0.4, -0.2) is 19.9 Å². The van der Waals surface area contributed by atoms with Crippen LogP contribution in [0.4, 0.5) is 0 Å². The van der Waals surface area contributed by atoms with Crippen molar-refractivity contribution >= 4 is 46.4 Å². The van der Waals surface area contributed by atoms with E-state index in [-0.39, 0.29) is 48.9 Å². The van der Waals surface area contributed by atoms with E-state index >= 15 is 0 Å². The van der Waals surface area contributed by atoms with E-state index in [0.29, 0.717) is 0 Å². The zero-order valence-electron chi connectivity index (χ0n) is 13.2. The van der Waals surface area contributed by atoms with Crippen molar-refractivity contribution in [1.82, 2.24) is 19.9 Å². The first kappa shape index (κ1) is 16.6. The molecule has 5 heteroatoms. The molecule has 0 radical (unpaired) electrons. The van der Waals surface area contributed by atoms with Crippen LogP contribution in [0.5, 0.6) is 0 Å². The molecule has 2 aliphatic heterocycles. The van der Waals surface area contributed by atoms with Crippen LogP contribution in [0.15, 0.2) is 48.5 Å². The Kier molecular flexibility index (Phi) is 4.54. The van der Waals surface area contributed by atoms with E-state index in [1.165, 1.54) is 0 Å². The van der Waals surface area contributed by atoms with Gasteiger partial charge < -0.3 is 9.97 Å². The number of aromatic nitrogens is 4. The molecule has 0 aromatic carbocycles. The molecule has 0 unspecified atom stereocenters. The van der Waals surface area contributed by atoms with Crippen LogP contribution in [0, 0.1) is 48.9 Å². The van der Waals surface area contributed by atoms with Crippen molar-refractivity contribution in [1.29, 1.82) is 0 Å². The predicted molar refractivity (Wildman–Crippen MR) is 98.9 cm³/mol. The second kappa shape index (κ2) is 6.82. The smallest absolute Gasteiger partial charge is 0.0658 e. The van der Waals surface area contributed by atoms with Crippen molar-refractivity contribution in [2.24, 2.45) is 0 Å². The van der Waals surface area contributed by atoms with Gasteiger partial charge in [0.2, 0.25) is 0 Å². The summed E-state index contributed by atoms with van der Waals surface area (Å²) in [5.74, 6) is 0. The molecule has 0 spiro atoms. The minimum absolute atomic E-state index is 0. The van der Waals surface area contributed by atoms with Crippen LogP contribution in [-0.2, 0) is 0 Å². The minimum Gasteiger partial charge on any atom is -0.355 e. The number of aromatic amines is 2. The predicted octanol–water partition coefficient (Wildman–Crippen LogP) is 4.66. The van der Waals surface area contributed by atoms with Crippen LogP contribution in [0.1, 0.15) is 22.8 Å². The Morgan fingerprint density at radius 2 is 0.760 bits per heavy atom. The number of hydrogen-bond acceptors (Lipinski definition) is 2. The van der Waals surface area contributed by atoms with Gasteiger partial charge in [0.1, 0.15) is 0 Å². The van der Waals surface area contributed by atoms with Gasteiger partial charge in [-0.25, -0.2) is 9.97 Å². The molecule has 122 valence electrons. The van der Waals surface area contributed by atoms with Gasteiger partial charge in [0.15, 0.2) is 0 Å². The Labute approximate surface area is 184 Å². The molecule has 0 saturated heterocycles. The van der Waals surface area contributed by atoms with Crippen LogP contribution >= 0.6 is 0 Å². The van der Waals surface area contributed by atoms with Crippen molar-refractivity contribution in [3.05, 3.63) is 71.3 Å². The number of rotatable bonds is 0. The van der Waals surface area contributed by atoms with Crippen LogP contribution in [0.2, 0.25) is 0 Å². The van der Waals surface area contributed by atoms with Gasteiger partial charge in [-0.05, 0) is 72.8 Å². The summed E-state index contributed by atoms with van der Waals surface area (Å²) in [6.45, 7) is 0. The number of nitrogens with one attached hydrogen (secondary N) is 2. The topological polar surface area (TPSA) is 57.4 Å². The summed E-state index contributed by atoms with van der Waals surface area (Å²) in [6, 6.07) is 16.4. The normalized spacial score (nSPS) is 12.2. The first-order valence-corrected chi connectivity index (χ1v) is 7.85. The minimum atomic E-state index is 0. The molecule has 4 nitrogen and oxygen atoms in total. The summed E-state index contributed by atoms with van der Waals surface area (Å²) >= 11 is 0. The van der Waals surface area contributed by atoms with Crippen LogP contribution in [0.25, 0.3) is 46.4 Å². The third kappa shape index (κ3) is 3.58. The average molecular weight is 442 g/mol. The molecule has 25 heavy (non-hydrogen) atoms. The molecule has 0 aliphatic carbocycles. The fourth-order valence-corrected chi connectivity index (χ4v) is 2.94. The summed E-state index contributed by atoms with van der Waals surface area (Å²) in [6.07, 6.45) is 8.09. The van der Waals surface area contributed by atoms with Gasteiger partial charge >= 0.3 is 0 Å². The van der Waals surface area contributed by atoms with E-state index in [1.807, 2.05) is 48.6 Å². The molecule has 0 amide bonds. The van der Waals surface area contributed by atoms with Gasteiger partial charge in [0.05, 0.1) is 22.8 Å². The van der Waals surface area contributed by atoms with Crippen molar-refractivity contribution in [2.75, 3.05) is 0 Å². The average Bonchev–Trinajstić information content (AvgIpc) is 3.32. The number of H-pyrrole nitrogens is 2. The standard InChI is InChI=1S/C20H14N4.Xe/c1-2-14-10-16-5-6-18(23-16)12-20-8-7-19(24-20)11-17-4-3-15(22-17)9-13(1)21-14;/h1-12,21,24H;. The second-order valence-corrected chi connectivity index (χ2v) is 5.91. The SMILES string of the molecule is C1=Cc2cc3ccc(cc4nc(cc5ccc(cc1n2)[nH]5)C=C4)[nH]3.[Xe]. The Morgan fingerprint density at radius 3 is 1.04 bits per heavy atom. The Bertz CT molecular complexity index is 990. The third-order valence-electron chi connectivity index (χ3n) is 4.04. The summed E-state index contributed by atoms with van der Waals surface area (Å²) in [4.78, 5) is 16.0. The fraction of sp³-hybridized carbons (Fsp3) is 0. The van der Waals surface area contributed by atoms with E-state index in [1.54, 1.807) is 0 Å². The first-order chi connectivity index (χ1) is 11.8. The Morgan fingerprint density at radius 1 is 0.480 bits per heavy atom. The quantitative estimate of drug-likeness (QED) is 0.367. The van der Waals surface area contributed by atoms with Gasteiger partial charge in [0.25, 0.3) is 0 Å². The Hall–Kier alpha value is -1.83. The van der Waals surface area contributed by atoms with E-state index in [2.05, 4.69) is 44.2 Å². The molecule has 0 fully saturated rings. The molecule has 3 aromatic rings. The summed E-state index contributed by atoms with van der Waals surface area (Å²) < 4.78 is 0. The molecule has 2 aliphatic rings. The maximum Gasteiger partial charge on any atom is 0.0658 e. The monoisotopic (exact) mass is 442 g/mol. The van der Waals surface area contributed by atoms with E-state index in [9.17, 15) is 0 Å². The van der Waals surface area contributed by atoms with Crippen molar-refractivity contribution in [3.63, 3.8) is 0 Å². The molecule has 8 bridgehead atoms. The fourth-order valence-electron chi connectivity index (χ4n) is 2.94. The number of hydrogen-bond donors (Lipinski definition) is 2. The molecular weight excluding hydrogens is 428 g/mol. The maximum absolute atomic E-state index is 4.63. The summed E-state index contributed by atoms with van der Waals surface area (Å²) in [5, 5.41) is 0. The van der Waals surface area contributed by atoms with Gasteiger partial charge in [-0.2, -0.15) is 0 Å². The molecule has 2 N–H and O–H groups in total. The van der Waals surface area contributed by atoms with E-state index in [4.69, 9.17) is 0 Å². The van der Waals surface area contributed by atoms with Gasteiger partial charge in [-0.15, -0.1) is 0 Å². The van der Waals surface area contributed by atoms with Crippen LogP contribution < -0.4 is 0 Å². The molecule has 5 rings (SSSR count). The van der Waals surface area contributed by atoms with Gasteiger partial charge in [-0.3, -0.25) is 0 Å². The van der Waals surface area contributed by atoms with Crippen molar-refractivity contribution in [3.8, 4) is 0 Å². The molecule has 3 aromatic heterocycles. The van der Waals surface area contributed by atoms with Crippen LogP contribution in [0.3, 0.4) is 0 Å². The molecule has 0 saturated carbocycles. The zero-order chi connectivity index (χ0) is 15.9. The van der Waals surface area contributed by atoms with Crippen molar-refractivity contribution in [2.45, 2.75) is 0 Å². The number of nitrogens with zero attached hydrogens (tertiary/aromatic N) is 2. The third-order valence-corrected chi connectivity index (χ3v) is 4.04. The molecule has 0 atom stereocenters. The molecule has 5 heterocycles. The molecular formula is C20H14N4Xe. The van der Waals surface area contributed by atoms with Crippen molar-refractivity contribution < 1.29 is 48.9 Å². The zero-order valence-corrected chi connectivity index (χ0v) is 15.2. The maximum atomic E-state index is 4.63. The number of fused-ring (bicyclic) bond motifs is 8. The second-order valence-electron chi connectivity index (χ2n) is 5.91. The summed E-state index contributed by atoms with van der Waals surface area (Å²) in [7, 11) is 0. The summed E-state index contributed by atoms with van der Waals surface area (Å²) in [5.41, 5.74) is 7.86. The first-order valence-electron chi connectivity index (χ1n) is 7.85. The van der Waals surface area contributed by atoms with E-state index < -0.39 is 0 Å².